The van der Waals surface area contributed by atoms with Crippen LogP contribution in [-0.4, -0.2) is 40.0 Å². The topological polar surface area (TPSA) is 79.6 Å². The van der Waals surface area contributed by atoms with Crippen LogP contribution in [0.15, 0.2) is 41.2 Å². The maximum absolute atomic E-state index is 13.2. The van der Waals surface area contributed by atoms with Crippen molar-refractivity contribution in [2.24, 2.45) is 0 Å². The molecule has 2 atom stereocenters. The zero-order valence-electron chi connectivity index (χ0n) is 17.6. The number of rotatable bonds is 4. The Morgan fingerprint density at radius 3 is 2.44 bits per heavy atom. The first-order chi connectivity index (χ1) is 16.1. The Morgan fingerprint density at radius 2 is 1.82 bits per heavy atom. The fourth-order valence-electron chi connectivity index (χ4n) is 4.73. The van der Waals surface area contributed by atoms with Crippen molar-refractivity contribution in [1.82, 2.24) is 9.88 Å². The van der Waals surface area contributed by atoms with Gasteiger partial charge in [-0.3, -0.25) is 19.8 Å². The van der Waals surface area contributed by atoms with Crippen molar-refractivity contribution in [1.29, 1.82) is 0 Å². The molecule has 0 spiro atoms. The Morgan fingerprint density at radius 1 is 1.12 bits per heavy atom. The second-order valence-corrected chi connectivity index (χ2v) is 9.50. The predicted molar refractivity (Wildman–Crippen MR) is 119 cm³/mol. The van der Waals surface area contributed by atoms with E-state index in [2.05, 4.69) is 9.88 Å². The molecule has 2 aromatic carbocycles. The minimum atomic E-state index is -4.82. The molecule has 3 aliphatic heterocycles. The van der Waals surface area contributed by atoms with Gasteiger partial charge in [-0.25, -0.2) is 4.39 Å². The minimum absolute atomic E-state index is 0.000414. The number of nitro groups is 1. The van der Waals surface area contributed by atoms with Crippen LogP contribution in [0.1, 0.15) is 24.0 Å². The highest BCUT2D eigenvalue weighted by atomic mass is 32.1. The average molecular weight is 494 g/mol. The van der Waals surface area contributed by atoms with E-state index < -0.39 is 33.3 Å². The fraction of sp³-hybridized carbons (Fsp3) is 0.364. The number of hydrogen-bond acceptors (Lipinski definition) is 7. The molecule has 3 aliphatic rings. The zero-order valence-corrected chi connectivity index (χ0v) is 18.4. The summed E-state index contributed by atoms with van der Waals surface area (Å²) in [4.78, 5) is 31.5. The molecular weight excluding hydrogens is 476 g/mol. The number of fused-ring (bicyclic) bond motifs is 4. The highest BCUT2D eigenvalue weighted by Crippen LogP contribution is 2.40. The number of alkyl halides is 3. The molecule has 0 N–H and O–H groups in total. The summed E-state index contributed by atoms with van der Waals surface area (Å²) in [5.41, 5.74) is -1.94. The number of anilines is 1. The summed E-state index contributed by atoms with van der Waals surface area (Å²) in [7, 11) is 0. The lowest BCUT2D eigenvalue weighted by Crippen LogP contribution is -2.62. The number of piperidine rings is 2. The molecule has 2 bridgehead atoms. The van der Waals surface area contributed by atoms with Gasteiger partial charge in [-0.15, -0.1) is 0 Å². The third kappa shape index (κ3) is 4.11. The SMILES string of the molecule is O=c1nc(N2CC3CCC2CN3Cc2ccc(F)cc2)sc2c([N+](=O)[O-])cc(C(F)(F)F)cc12. The zero-order chi connectivity index (χ0) is 24.2. The number of benzene rings is 2. The quantitative estimate of drug-likeness (QED) is 0.300. The summed E-state index contributed by atoms with van der Waals surface area (Å²) in [6, 6.07) is 7.53. The molecule has 0 aliphatic carbocycles. The molecule has 6 rings (SSSR count). The normalized spacial score (nSPS) is 20.8. The Kier molecular flexibility index (Phi) is 5.52. The van der Waals surface area contributed by atoms with E-state index in [1.807, 2.05) is 4.90 Å². The van der Waals surface area contributed by atoms with Crippen molar-refractivity contribution in [3.63, 3.8) is 0 Å². The Labute approximate surface area is 194 Å². The summed E-state index contributed by atoms with van der Waals surface area (Å²) < 4.78 is 52.7. The van der Waals surface area contributed by atoms with E-state index in [-0.39, 0.29) is 27.7 Å². The van der Waals surface area contributed by atoms with Crippen molar-refractivity contribution in [2.45, 2.75) is 37.6 Å². The number of nitrogens with zero attached hydrogens (tertiary/aromatic N) is 4. The first kappa shape index (κ1) is 22.7. The average Bonchev–Trinajstić information content (AvgIpc) is 2.79. The van der Waals surface area contributed by atoms with Gasteiger partial charge in [0.2, 0.25) is 0 Å². The number of hydrogen-bond donors (Lipinski definition) is 0. The molecule has 3 aromatic rings. The van der Waals surface area contributed by atoms with E-state index in [4.69, 9.17) is 0 Å². The summed E-state index contributed by atoms with van der Waals surface area (Å²) in [6.45, 7) is 1.84. The Hall–Kier alpha value is -3.12. The van der Waals surface area contributed by atoms with Gasteiger partial charge < -0.3 is 4.90 Å². The number of non-ortho nitro benzene ring substituents is 1. The number of aromatic nitrogens is 1. The van der Waals surface area contributed by atoms with E-state index in [9.17, 15) is 32.5 Å². The lowest BCUT2D eigenvalue weighted by Gasteiger charge is -2.51. The van der Waals surface area contributed by atoms with Gasteiger partial charge in [-0.2, -0.15) is 18.2 Å². The van der Waals surface area contributed by atoms with E-state index >= 15 is 0 Å². The highest BCUT2D eigenvalue weighted by molar-refractivity contribution is 7.22. The van der Waals surface area contributed by atoms with Gasteiger partial charge in [0.1, 0.15) is 10.5 Å². The van der Waals surface area contributed by atoms with Crippen LogP contribution >= 0.6 is 11.3 Å². The highest BCUT2D eigenvalue weighted by Gasteiger charge is 2.40. The Bertz CT molecular complexity index is 1330. The molecule has 0 radical (unpaired) electrons. The maximum atomic E-state index is 13.2. The number of nitro benzene ring substituents is 1. The van der Waals surface area contributed by atoms with Gasteiger partial charge in [-0.1, -0.05) is 23.5 Å². The molecule has 12 heteroatoms. The van der Waals surface area contributed by atoms with E-state index in [0.29, 0.717) is 31.8 Å². The van der Waals surface area contributed by atoms with E-state index in [1.165, 1.54) is 12.1 Å². The molecule has 0 saturated carbocycles. The van der Waals surface area contributed by atoms with Crippen LogP contribution in [0.25, 0.3) is 10.1 Å². The van der Waals surface area contributed by atoms with Gasteiger partial charge in [0.25, 0.3) is 11.2 Å². The van der Waals surface area contributed by atoms with E-state index in [0.717, 1.165) is 29.7 Å². The monoisotopic (exact) mass is 494 g/mol. The molecule has 4 heterocycles. The summed E-state index contributed by atoms with van der Waals surface area (Å²) in [5.74, 6) is -0.302. The predicted octanol–water partition coefficient (Wildman–Crippen LogP) is 4.58. The second-order valence-electron chi connectivity index (χ2n) is 8.52. The molecule has 2 unspecified atom stereocenters. The lowest BCUT2D eigenvalue weighted by atomic mass is 9.91. The molecule has 0 amide bonds. The maximum Gasteiger partial charge on any atom is 0.416 e. The minimum Gasteiger partial charge on any atom is -0.342 e. The van der Waals surface area contributed by atoms with Crippen molar-refractivity contribution >= 4 is 32.2 Å². The molecule has 34 heavy (non-hydrogen) atoms. The molecule has 7 nitrogen and oxygen atoms in total. The first-order valence-corrected chi connectivity index (χ1v) is 11.4. The van der Waals surface area contributed by atoms with Crippen LogP contribution in [0.4, 0.5) is 28.4 Å². The van der Waals surface area contributed by atoms with Crippen LogP contribution in [0, 0.1) is 15.9 Å². The van der Waals surface area contributed by atoms with Gasteiger partial charge in [-0.05, 0) is 36.6 Å². The van der Waals surface area contributed by atoms with E-state index in [1.54, 1.807) is 12.1 Å². The molecular formula is C22H18F4N4O3S. The van der Waals surface area contributed by atoms with Crippen LogP contribution in [0.5, 0.6) is 0 Å². The van der Waals surface area contributed by atoms with Crippen LogP contribution in [0.2, 0.25) is 0 Å². The summed E-state index contributed by atoms with van der Waals surface area (Å²) in [5, 5.41) is 11.4. The number of piperazine rings is 1. The summed E-state index contributed by atoms with van der Waals surface area (Å²) in [6.07, 6.45) is -3.07. The van der Waals surface area contributed by atoms with Crippen LogP contribution < -0.4 is 10.5 Å². The summed E-state index contributed by atoms with van der Waals surface area (Å²) >= 11 is 0.874. The van der Waals surface area contributed by atoms with Crippen molar-refractivity contribution in [3.8, 4) is 0 Å². The van der Waals surface area contributed by atoms with Crippen LogP contribution in [-0.2, 0) is 12.7 Å². The van der Waals surface area contributed by atoms with Crippen molar-refractivity contribution in [3.05, 3.63) is 73.8 Å². The number of halogens is 4. The van der Waals surface area contributed by atoms with Crippen LogP contribution in [0.3, 0.4) is 0 Å². The smallest absolute Gasteiger partial charge is 0.342 e. The Balaban J connectivity index is 1.47. The van der Waals surface area contributed by atoms with Gasteiger partial charge >= 0.3 is 6.18 Å². The standard InChI is InChI=1S/C22H18F4N4O3S/c23-14-3-1-12(2-4-14)9-28-10-16-6-5-15(28)11-29(16)21-27-20(31)17-7-13(22(24,25)26)8-18(30(32)33)19(17)34-21/h1-4,7-8,15-16H,5-6,9-11H2. The third-order valence-electron chi connectivity index (χ3n) is 6.40. The molecule has 178 valence electrons. The fourth-order valence-corrected chi connectivity index (χ4v) is 5.88. The third-order valence-corrected chi connectivity index (χ3v) is 7.54. The second kappa shape index (κ2) is 8.27. The first-order valence-electron chi connectivity index (χ1n) is 10.6. The van der Waals surface area contributed by atoms with Gasteiger partial charge in [0, 0.05) is 37.8 Å². The van der Waals surface area contributed by atoms with Gasteiger partial charge in [0.15, 0.2) is 5.13 Å². The lowest BCUT2D eigenvalue weighted by molar-refractivity contribution is -0.383. The van der Waals surface area contributed by atoms with Gasteiger partial charge in [0.05, 0.1) is 15.9 Å². The molecule has 3 saturated heterocycles. The van der Waals surface area contributed by atoms with Crippen molar-refractivity contribution < 1.29 is 22.5 Å². The van der Waals surface area contributed by atoms with Crippen molar-refractivity contribution in [2.75, 3.05) is 18.0 Å². The molecule has 3 fully saturated rings. The largest absolute Gasteiger partial charge is 0.416 e. The molecule has 1 aromatic heterocycles.